The highest BCUT2D eigenvalue weighted by atomic mass is 19.4. The first-order chi connectivity index (χ1) is 14.4. The van der Waals surface area contributed by atoms with E-state index in [-0.39, 0.29) is 5.82 Å². The van der Waals surface area contributed by atoms with Gasteiger partial charge >= 0.3 is 6.18 Å². The van der Waals surface area contributed by atoms with Crippen molar-refractivity contribution in [2.75, 3.05) is 18.6 Å². The van der Waals surface area contributed by atoms with Gasteiger partial charge in [-0.1, -0.05) is 13.8 Å². The number of aromatic nitrogens is 4. The molecule has 1 aliphatic rings. The van der Waals surface area contributed by atoms with Gasteiger partial charge in [-0.25, -0.2) is 15.0 Å². The molecule has 0 saturated carbocycles. The Bertz CT molecular complexity index is 985. The molecule has 0 amide bonds. The zero-order valence-corrected chi connectivity index (χ0v) is 17.4. The largest absolute Gasteiger partial charge is 0.481 e. The van der Waals surface area contributed by atoms with E-state index in [1.54, 1.807) is 31.6 Å². The highest BCUT2D eigenvalue weighted by Crippen LogP contribution is 2.32. The molecule has 3 aromatic heterocycles. The predicted octanol–water partition coefficient (Wildman–Crippen LogP) is 4.49. The summed E-state index contributed by atoms with van der Waals surface area (Å²) >= 11 is 0. The monoisotopic (exact) mass is 419 g/mol. The molecule has 0 aromatic carbocycles. The van der Waals surface area contributed by atoms with Gasteiger partial charge < -0.3 is 14.2 Å². The average Bonchev–Trinajstić information content (AvgIpc) is 3.16. The van der Waals surface area contributed by atoms with Crippen LogP contribution in [0.15, 0.2) is 36.8 Å². The van der Waals surface area contributed by atoms with Gasteiger partial charge in [-0.15, -0.1) is 0 Å². The number of hydrogen-bond donors (Lipinski definition) is 0. The van der Waals surface area contributed by atoms with Crippen molar-refractivity contribution in [1.29, 1.82) is 0 Å². The summed E-state index contributed by atoms with van der Waals surface area (Å²) in [7, 11) is 3.13. The zero-order valence-electron chi connectivity index (χ0n) is 17.4. The van der Waals surface area contributed by atoms with Crippen LogP contribution in [-0.2, 0) is 26.2 Å². The van der Waals surface area contributed by atoms with Gasteiger partial charge in [0.05, 0.1) is 7.11 Å². The third-order valence-electron chi connectivity index (χ3n) is 4.80. The van der Waals surface area contributed by atoms with Crippen LogP contribution in [0.3, 0.4) is 0 Å². The molecular formula is C21H24F3N5O. The number of ether oxygens (including phenoxy) is 1. The lowest BCUT2D eigenvalue weighted by molar-refractivity contribution is -0.140. The van der Waals surface area contributed by atoms with Crippen LogP contribution < -0.4 is 9.64 Å². The second-order valence-electron chi connectivity index (χ2n) is 6.59. The molecule has 0 aliphatic carbocycles. The van der Waals surface area contributed by atoms with Crippen molar-refractivity contribution in [2.45, 2.75) is 33.0 Å². The maximum atomic E-state index is 12.9. The molecular weight excluding hydrogens is 395 g/mol. The summed E-state index contributed by atoms with van der Waals surface area (Å²) in [6.45, 7) is 5.40. The van der Waals surface area contributed by atoms with E-state index in [4.69, 9.17) is 4.74 Å². The summed E-state index contributed by atoms with van der Waals surface area (Å²) in [5.41, 5.74) is 1.84. The second kappa shape index (κ2) is 8.73. The van der Waals surface area contributed by atoms with E-state index in [0.717, 1.165) is 30.5 Å². The normalized spacial score (nSPS) is 13.4. The number of halogens is 3. The van der Waals surface area contributed by atoms with E-state index in [1.807, 2.05) is 19.9 Å². The Kier molecular flexibility index (Phi) is 6.28. The number of alkyl halides is 3. The minimum absolute atomic E-state index is 0.223. The van der Waals surface area contributed by atoms with Crippen LogP contribution in [0.2, 0.25) is 0 Å². The van der Waals surface area contributed by atoms with Crippen LogP contribution in [0, 0.1) is 0 Å². The first-order valence-corrected chi connectivity index (χ1v) is 9.69. The fourth-order valence-corrected chi connectivity index (χ4v) is 3.39. The SMILES string of the molecule is CC.COc1nccc2c1CN(c1ccc(-c3nc(C(F)(F)F)cn3C)cn1)CC2. The van der Waals surface area contributed by atoms with Crippen molar-refractivity contribution in [3.05, 3.63) is 53.6 Å². The number of anilines is 1. The second-order valence-corrected chi connectivity index (χ2v) is 6.59. The van der Waals surface area contributed by atoms with E-state index in [0.29, 0.717) is 18.0 Å². The van der Waals surface area contributed by atoms with Crippen molar-refractivity contribution in [3.63, 3.8) is 0 Å². The summed E-state index contributed by atoms with van der Waals surface area (Å²) < 4.78 is 45.3. The fourth-order valence-electron chi connectivity index (χ4n) is 3.39. The Morgan fingerprint density at radius 2 is 1.87 bits per heavy atom. The lowest BCUT2D eigenvalue weighted by atomic mass is 10.0. The number of pyridine rings is 2. The smallest absolute Gasteiger partial charge is 0.434 e. The number of methoxy groups -OCH3 is 1. The Morgan fingerprint density at radius 1 is 1.10 bits per heavy atom. The first kappa shape index (κ1) is 21.6. The van der Waals surface area contributed by atoms with E-state index in [9.17, 15) is 13.2 Å². The molecule has 0 saturated heterocycles. The summed E-state index contributed by atoms with van der Waals surface area (Å²) in [5, 5.41) is 0. The number of rotatable bonds is 3. The number of nitrogens with zero attached hydrogens (tertiary/aromatic N) is 5. The third kappa shape index (κ3) is 4.24. The molecule has 0 spiro atoms. The Hall–Kier alpha value is -3.10. The Balaban J connectivity index is 0.00000124. The van der Waals surface area contributed by atoms with Gasteiger partial charge in [-0.2, -0.15) is 13.2 Å². The Morgan fingerprint density at radius 3 is 2.47 bits per heavy atom. The van der Waals surface area contributed by atoms with Gasteiger partial charge in [0.15, 0.2) is 5.69 Å². The van der Waals surface area contributed by atoms with Gasteiger partial charge in [-0.05, 0) is 30.2 Å². The van der Waals surface area contributed by atoms with Crippen molar-refractivity contribution in [1.82, 2.24) is 19.5 Å². The quantitative estimate of drug-likeness (QED) is 0.626. The molecule has 0 bridgehead atoms. The van der Waals surface area contributed by atoms with Gasteiger partial charge in [-0.3, -0.25) is 0 Å². The fraction of sp³-hybridized carbons (Fsp3) is 0.381. The highest BCUT2D eigenvalue weighted by Gasteiger charge is 2.34. The molecule has 0 atom stereocenters. The van der Waals surface area contributed by atoms with E-state index in [2.05, 4.69) is 19.9 Å². The average molecular weight is 419 g/mol. The standard InChI is InChI=1S/C19H18F3N5O.C2H6/c1-26-11-15(19(20,21)22)25-17(26)13-3-4-16(24-9-13)27-8-6-12-5-7-23-18(28-2)14(12)10-27;1-2/h3-5,7,9,11H,6,8,10H2,1-2H3;1-2H3. The Labute approximate surface area is 173 Å². The maximum Gasteiger partial charge on any atom is 0.434 e. The van der Waals surface area contributed by atoms with Gasteiger partial charge in [0.25, 0.3) is 0 Å². The van der Waals surface area contributed by atoms with Crippen LogP contribution in [0.1, 0.15) is 30.7 Å². The predicted molar refractivity (Wildman–Crippen MR) is 108 cm³/mol. The molecule has 30 heavy (non-hydrogen) atoms. The first-order valence-electron chi connectivity index (χ1n) is 9.69. The van der Waals surface area contributed by atoms with Crippen LogP contribution in [0.4, 0.5) is 19.0 Å². The minimum atomic E-state index is -4.47. The summed E-state index contributed by atoms with van der Waals surface area (Å²) in [6, 6.07) is 5.52. The summed E-state index contributed by atoms with van der Waals surface area (Å²) in [5.74, 6) is 1.57. The molecule has 160 valence electrons. The van der Waals surface area contributed by atoms with Crippen molar-refractivity contribution in [2.24, 2.45) is 7.05 Å². The topological polar surface area (TPSA) is 56.1 Å². The number of fused-ring (bicyclic) bond motifs is 1. The molecule has 4 heterocycles. The van der Waals surface area contributed by atoms with Crippen molar-refractivity contribution in [3.8, 4) is 17.3 Å². The molecule has 0 unspecified atom stereocenters. The zero-order chi connectivity index (χ0) is 21.9. The molecule has 4 rings (SSSR count). The number of imidazole rings is 1. The van der Waals surface area contributed by atoms with Crippen LogP contribution in [0.5, 0.6) is 5.88 Å². The van der Waals surface area contributed by atoms with Crippen LogP contribution in [0.25, 0.3) is 11.4 Å². The van der Waals surface area contributed by atoms with Crippen molar-refractivity contribution >= 4 is 5.82 Å². The third-order valence-corrected chi connectivity index (χ3v) is 4.80. The lowest BCUT2D eigenvalue weighted by Gasteiger charge is -2.30. The lowest BCUT2D eigenvalue weighted by Crippen LogP contribution is -2.31. The minimum Gasteiger partial charge on any atom is -0.481 e. The molecule has 0 fully saturated rings. The maximum absolute atomic E-state index is 12.9. The van der Waals surface area contributed by atoms with E-state index < -0.39 is 11.9 Å². The van der Waals surface area contributed by atoms with Crippen LogP contribution >= 0.6 is 0 Å². The molecule has 1 aliphatic heterocycles. The van der Waals surface area contributed by atoms with Gasteiger partial charge in [0, 0.05) is 49.9 Å². The molecule has 0 N–H and O–H groups in total. The highest BCUT2D eigenvalue weighted by molar-refractivity contribution is 5.58. The summed E-state index contributed by atoms with van der Waals surface area (Å²) in [6.07, 6.45) is 0.629. The number of hydrogen-bond acceptors (Lipinski definition) is 5. The van der Waals surface area contributed by atoms with Gasteiger partial charge in [0.1, 0.15) is 11.6 Å². The van der Waals surface area contributed by atoms with E-state index in [1.165, 1.54) is 17.2 Å². The molecule has 3 aromatic rings. The number of aryl methyl sites for hydroxylation is 1. The van der Waals surface area contributed by atoms with E-state index >= 15 is 0 Å². The molecule has 0 radical (unpaired) electrons. The molecule has 6 nitrogen and oxygen atoms in total. The van der Waals surface area contributed by atoms with Crippen molar-refractivity contribution < 1.29 is 17.9 Å². The molecule has 9 heteroatoms. The van der Waals surface area contributed by atoms with Crippen LogP contribution in [-0.4, -0.2) is 33.2 Å². The van der Waals surface area contributed by atoms with Gasteiger partial charge in [0.2, 0.25) is 5.88 Å². The summed E-state index contributed by atoms with van der Waals surface area (Å²) in [4.78, 5) is 14.5.